The lowest BCUT2D eigenvalue weighted by Gasteiger charge is -2.49. The number of likely N-dealkylation sites (N-methyl/N-ethyl adjacent to an activating group) is 1. The molecule has 91 heavy (non-hydrogen) atoms. The van der Waals surface area contributed by atoms with E-state index in [0.29, 0.717) is 47.7 Å². The van der Waals surface area contributed by atoms with Crippen molar-refractivity contribution in [2.75, 3.05) is 59.5 Å². The maximum absolute atomic E-state index is 14.9. The van der Waals surface area contributed by atoms with Gasteiger partial charge in [0.15, 0.2) is 18.7 Å². The van der Waals surface area contributed by atoms with Crippen molar-refractivity contribution in [3.05, 3.63) is 39.1 Å². The van der Waals surface area contributed by atoms with Crippen molar-refractivity contribution in [2.45, 2.75) is 262 Å². The highest BCUT2D eigenvalue weighted by atomic mass is 35.5. The largest absolute Gasteiger partial charge is 0.477 e. The van der Waals surface area contributed by atoms with Gasteiger partial charge in [-0.05, 0) is 127 Å². The molecule has 6 N–H and O–H groups in total. The molecule has 3 saturated heterocycles. The number of rotatable bonds is 24. The quantitative estimate of drug-likeness (QED) is 0.0253. The number of esters is 2. The number of aliphatic hydroxyl groups excluding tert-OH is 2. The van der Waals surface area contributed by atoms with Crippen molar-refractivity contribution in [1.29, 1.82) is 0 Å². The molecule has 1 aromatic carbocycles. The van der Waals surface area contributed by atoms with Crippen LogP contribution in [0.5, 0.6) is 0 Å². The van der Waals surface area contributed by atoms with Gasteiger partial charge in [-0.15, -0.1) is 0 Å². The van der Waals surface area contributed by atoms with Crippen LogP contribution < -0.4 is 10.7 Å². The molecular formula is C66H105ClN4O20. The molecule has 7 rings (SSSR count). The number of aromatic carboxylic acids is 1. The molecular weight excluding hydrogens is 1200 g/mol. The van der Waals surface area contributed by atoms with Gasteiger partial charge in [0.2, 0.25) is 11.2 Å². The van der Waals surface area contributed by atoms with Gasteiger partial charge in [-0.2, -0.15) is 0 Å². The second-order valence-corrected chi connectivity index (χ2v) is 27.8. The van der Waals surface area contributed by atoms with E-state index in [1.165, 1.54) is 20.2 Å². The van der Waals surface area contributed by atoms with Crippen LogP contribution in [-0.4, -0.2) is 209 Å². The monoisotopic (exact) mass is 1310 g/mol. The first kappa shape index (κ1) is 74.3. The van der Waals surface area contributed by atoms with Gasteiger partial charge in [0, 0.05) is 74.3 Å². The topological polar surface area (TPSA) is 304 Å². The van der Waals surface area contributed by atoms with Gasteiger partial charge in [0.1, 0.15) is 29.0 Å². The number of nitrogens with one attached hydrogen (secondary N) is 1. The highest BCUT2D eigenvalue weighted by molar-refractivity contribution is 6.34. The number of methoxy groups -OCH3 is 1. The number of hydrogen-bond acceptors (Lipinski definition) is 22. The summed E-state index contributed by atoms with van der Waals surface area (Å²) in [5.74, 6) is -7.40. The van der Waals surface area contributed by atoms with E-state index in [1.54, 1.807) is 60.6 Å². The van der Waals surface area contributed by atoms with E-state index < -0.39 is 125 Å². The predicted molar refractivity (Wildman–Crippen MR) is 339 cm³/mol. The molecule has 0 amide bonds. The first-order valence-corrected chi connectivity index (χ1v) is 33.1. The van der Waals surface area contributed by atoms with Crippen LogP contribution in [0.1, 0.15) is 177 Å². The highest BCUT2D eigenvalue weighted by Gasteiger charge is 2.55. The van der Waals surface area contributed by atoms with Gasteiger partial charge < -0.3 is 92.5 Å². The summed E-state index contributed by atoms with van der Waals surface area (Å²) in [5.41, 5.74) is -4.63. The lowest BCUT2D eigenvalue weighted by molar-refractivity contribution is -0.318. The smallest absolute Gasteiger partial charge is 0.341 e. The maximum Gasteiger partial charge on any atom is 0.341 e. The van der Waals surface area contributed by atoms with E-state index in [2.05, 4.69) is 5.32 Å². The SMILES string of the molecule is CC[C@H]1OC(=O)[C@H](C)[C@@H](OC2C[C@@](C)(OC)[C@@H](OC(=O)CCOCCOCCNc3cc4c(=O)c(C(=O)O)cn(C5CC5)c4cc3Cl)[C@H](C)O2)[C@H](C)[C@@H](OC2O[C@H](C)C[C@H](N(C)C)[C@H]2O)[C@](C)(O)C[C@@H](C)C(=NOC2(OC(C)C)CCCCC2)[C@H](C)[C@@H](O)[C@]1(C)O. The van der Waals surface area contributed by atoms with Crippen molar-refractivity contribution >= 4 is 51.8 Å². The molecule has 0 spiro atoms. The van der Waals surface area contributed by atoms with Gasteiger partial charge in [-0.25, -0.2) is 4.79 Å². The van der Waals surface area contributed by atoms with Crippen molar-refractivity contribution in [3.63, 3.8) is 0 Å². The van der Waals surface area contributed by atoms with E-state index in [9.17, 15) is 44.7 Å². The molecule has 18 atom stereocenters. The van der Waals surface area contributed by atoms with Crippen LogP contribution in [0.2, 0.25) is 5.02 Å². The molecule has 2 unspecified atom stereocenters. The van der Waals surface area contributed by atoms with Crippen molar-refractivity contribution in [3.8, 4) is 0 Å². The van der Waals surface area contributed by atoms with Gasteiger partial charge >= 0.3 is 17.9 Å². The van der Waals surface area contributed by atoms with Crippen LogP contribution in [0.25, 0.3) is 10.9 Å². The van der Waals surface area contributed by atoms with Gasteiger partial charge in [0.05, 0.1) is 103 Å². The van der Waals surface area contributed by atoms with E-state index in [0.717, 1.165) is 32.1 Å². The fourth-order valence-corrected chi connectivity index (χ4v) is 14.2. The number of carboxylic acid groups (broad SMARTS) is 1. The number of anilines is 1. The summed E-state index contributed by atoms with van der Waals surface area (Å²) in [4.78, 5) is 61.8. The zero-order chi connectivity index (χ0) is 67.1. The minimum Gasteiger partial charge on any atom is -0.477 e. The Kier molecular flexibility index (Phi) is 25.8. The predicted octanol–water partition coefficient (Wildman–Crippen LogP) is 7.76. The highest BCUT2D eigenvalue weighted by Crippen LogP contribution is 2.44. The fraction of sp³-hybridized carbons (Fsp3) is 0.803. The number of fused-ring (bicyclic) bond motifs is 1. The van der Waals surface area contributed by atoms with Crippen LogP contribution in [0.3, 0.4) is 0 Å². The fourth-order valence-electron chi connectivity index (χ4n) is 13.9. The Bertz CT molecular complexity index is 2840. The first-order chi connectivity index (χ1) is 42.8. The van der Waals surface area contributed by atoms with E-state index in [4.69, 9.17) is 69.0 Å². The standard InChI is InChI=1S/C66H105ClN4O20/c1-16-50-65(12,80)57(75)39(6)53(69-91-66(90-36(2)3)23-18-17-19-24-66)37(4)33-63(10,79)58(89-62-55(74)49(70(13)14)30-38(5)84-62)40(7)56(41(8)61(78)86-50)88-52-34-64(11,81-15)59(42(9)85-52)87-51(72)22-26-82-28-29-83-27-25-68-47-31-44-48(32-46(47)67)71(43-20-21-43)35-45(54(44)73)60(76)77/h31-32,35-43,49-50,52,55-59,62,68,74-75,79-80H,16-30,33-34H2,1-15H3,(H,76,77)/t37-,38-,39+,40+,41-,42+,49+,50-,52?,55-,56+,57-,58-,59+,62?,63-,64-,65-/m1/s1. The summed E-state index contributed by atoms with van der Waals surface area (Å²) in [7, 11) is 5.20. The molecule has 2 aromatic rings. The number of ether oxygens (including phenoxy) is 10. The summed E-state index contributed by atoms with van der Waals surface area (Å²) in [5, 5.41) is 68.3. The first-order valence-electron chi connectivity index (χ1n) is 32.8. The zero-order valence-corrected chi connectivity index (χ0v) is 56.9. The Morgan fingerprint density at radius 3 is 2.19 bits per heavy atom. The number of carboxylic acids is 1. The summed E-state index contributed by atoms with van der Waals surface area (Å²) in [6.07, 6.45) is -3.74. The number of hydrogen-bond donors (Lipinski definition) is 6. The molecule has 25 heteroatoms. The lowest BCUT2D eigenvalue weighted by Crippen LogP contribution is -2.61. The molecule has 1 aromatic heterocycles. The van der Waals surface area contributed by atoms with E-state index in [1.807, 2.05) is 51.3 Å². The summed E-state index contributed by atoms with van der Waals surface area (Å²) < 4.78 is 65.0. The molecule has 5 aliphatic rings. The number of carbonyl (C=O) groups excluding carboxylic acids is 2. The number of carbonyl (C=O) groups is 3. The summed E-state index contributed by atoms with van der Waals surface area (Å²) in [6.45, 7) is 21.9. The molecule has 0 bridgehead atoms. The number of aliphatic hydroxyl groups is 4. The van der Waals surface area contributed by atoms with Gasteiger partial charge in [-0.1, -0.05) is 50.9 Å². The molecule has 4 heterocycles. The van der Waals surface area contributed by atoms with Crippen molar-refractivity contribution in [1.82, 2.24) is 9.47 Å². The summed E-state index contributed by atoms with van der Waals surface area (Å²) in [6, 6.07) is 2.98. The lowest BCUT2D eigenvalue weighted by atomic mass is 9.73. The van der Waals surface area contributed by atoms with Crippen LogP contribution in [0.4, 0.5) is 5.69 Å². The Hall–Kier alpha value is -4.12. The van der Waals surface area contributed by atoms with Crippen LogP contribution in [0, 0.1) is 23.7 Å². The number of cyclic esters (lactones) is 1. The average Bonchev–Trinajstić information content (AvgIpc) is 1.76. The molecule has 516 valence electrons. The Morgan fingerprint density at radius 2 is 1.57 bits per heavy atom. The number of halogens is 1. The Morgan fingerprint density at radius 1 is 0.901 bits per heavy atom. The Labute approximate surface area is 541 Å². The van der Waals surface area contributed by atoms with E-state index >= 15 is 0 Å². The minimum absolute atomic E-state index is 0.0120. The average molecular weight is 1310 g/mol. The molecule has 2 saturated carbocycles. The normalized spacial score (nSPS) is 35.9. The number of pyridine rings is 1. The van der Waals surface area contributed by atoms with Crippen LogP contribution in [0.15, 0.2) is 28.3 Å². The van der Waals surface area contributed by atoms with Crippen LogP contribution in [-0.2, 0) is 61.8 Å². The maximum atomic E-state index is 14.9. The van der Waals surface area contributed by atoms with Gasteiger partial charge in [0.25, 0.3) is 0 Å². The number of benzene rings is 1. The zero-order valence-electron chi connectivity index (χ0n) is 56.1. The van der Waals surface area contributed by atoms with E-state index in [-0.39, 0.29) is 87.4 Å². The molecule has 3 aliphatic heterocycles. The van der Waals surface area contributed by atoms with Crippen molar-refractivity contribution in [2.24, 2.45) is 28.8 Å². The van der Waals surface area contributed by atoms with Crippen molar-refractivity contribution < 1.29 is 92.1 Å². The Balaban J connectivity index is 1.05. The molecule has 0 radical (unpaired) electrons. The third kappa shape index (κ3) is 18.1. The second kappa shape index (κ2) is 31.6. The van der Waals surface area contributed by atoms with Gasteiger partial charge in [-0.3, -0.25) is 14.4 Å². The van der Waals surface area contributed by atoms with Crippen LogP contribution >= 0.6 is 11.6 Å². The molecule has 24 nitrogen and oxygen atoms in total. The number of oxime groups is 1. The summed E-state index contributed by atoms with van der Waals surface area (Å²) >= 11 is 6.61. The molecule has 5 fully saturated rings. The number of nitrogens with zero attached hydrogens (tertiary/aromatic N) is 3. The number of aromatic nitrogens is 1. The third-order valence-corrected chi connectivity index (χ3v) is 19.4. The minimum atomic E-state index is -2.04. The molecule has 2 aliphatic carbocycles. The third-order valence-electron chi connectivity index (χ3n) is 19.1. The second-order valence-electron chi connectivity index (χ2n) is 27.3.